The summed E-state index contributed by atoms with van der Waals surface area (Å²) in [7, 11) is 0. The molecule has 0 radical (unpaired) electrons. The van der Waals surface area contributed by atoms with E-state index >= 15 is 0 Å². The molecule has 1 N–H and O–H groups in total. The number of carbonyl (C=O) groups is 1. The van der Waals surface area contributed by atoms with Gasteiger partial charge in [0.1, 0.15) is 23.8 Å². The van der Waals surface area contributed by atoms with Crippen molar-refractivity contribution in [3.8, 4) is 22.8 Å². The van der Waals surface area contributed by atoms with Gasteiger partial charge >= 0.3 is 0 Å². The summed E-state index contributed by atoms with van der Waals surface area (Å²) in [6, 6.07) is 11.5. The molecular formula is C19H11Cl2NO3. The van der Waals surface area contributed by atoms with E-state index in [1.165, 1.54) is 24.4 Å². The lowest BCUT2D eigenvalue weighted by atomic mass is 9.99. The van der Waals surface area contributed by atoms with Crippen LogP contribution in [0.4, 0.5) is 0 Å². The predicted molar refractivity (Wildman–Crippen MR) is 95.6 cm³/mol. The van der Waals surface area contributed by atoms with Crippen molar-refractivity contribution in [2.45, 2.75) is 6.61 Å². The molecule has 0 spiro atoms. The highest BCUT2D eigenvalue weighted by atomic mass is 35.5. The molecule has 1 aliphatic heterocycles. The molecule has 124 valence electrons. The van der Waals surface area contributed by atoms with Gasteiger partial charge in [-0.1, -0.05) is 29.3 Å². The number of rotatable bonds is 2. The largest absolute Gasteiger partial charge is 0.507 e. The van der Waals surface area contributed by atoms with Crippen LogP contribution in [0.15, 0.2) is 48.7 Å². The van der Waals surface area contributed by atoms with Crippen molar-refractivity contribution >= 4 is 29.0 Å². The van der Waals surface area contributed by atoms with Crippen molar-refractivity contribution in [1.82, 2.24) is 4.98 Å². The third-order valence-corrected chi connectivity index (χ3v) is 4.50. The second-order valence-electron chi connectivity index (χ2n) is 5.65. The fraction of sp³-hybridized carbons (Fsp3) is 0.0526. The SMILES string of the molecule is O=C(c1cnc2c(c1)OCc1ccc(Cl)cc1-2)c1cc(Cl)ccc1O. The molecule has 6 heteroatoms. The molecule has 0 saturated heterocycles. The van der Waals surface area contributed by atoms with Crippen molar-refractivity contribution in [2.24, 2.45) is 0 Å². The number of benzene rings is 2. The Balaban J connectivity index is 1.78. The van der Waals surface area contributed by atoms with Crippen molar-refractivity contribution in [1.29, 1.82) is 0 Å². The average molecular weight is 372 g/mol. The number of pyridine rings is 1. The normalized spacial score (nSPS) is 12.1. The van der Waals surface area contributed by atoms with Crippen molar-refractivity contribution in [2.75, 3.05) is 0 Å². The van der Waals surface area contributed by atoms with E-state index in [1.807, 2.05) is 12.1 Å². The van der Waals surface area contributed by atoms with Crippen LogP contribution in [0, 0.1) is 0 Å². The molecule has 1 aliphatic rings. The van der Waals surface area contributed by atoms with E-state index in [0.29, 0.717) is 33.7 Å². The van der Waals surface area contributed by atoms with Crippen LogP contribution in [0.2, 0.25) is 10.0 Å². The minimum atomic E-state index is -0.379. The van der Waals surface area contributed by atoms with Gasteiger partial charge in [-0.3, -0.25) is 9.78 Å². The van der Waals surface area contributed by atoms with E-state index in [0.717, 1.165) is 11.1 Å². The van der Waals surface area contributed by atoms with Gasteiger partial charge in [-0.2, -0.15) is 0 Å². The molecule has 3 aromatic rings. The number of halogens is 2. The lowest BCUT2D eigenvalue weighted by Crippen LogP contribution is -2.09. The van der Waals surface area contributed by atoms with Crippen LogP contribution >= 0.6 is 23.2 Å². The standard InChI is InChI=1S/C19H11Cl2NO3/c20-12-2-1-10-9-25-17-5-11(8-22-18(17)14(10)6-12)19(24)15-7-13(21)3-4-16(15)23/h1-8,23H,9H2. The average Bonchev–Trinajstić information content (AvgIpc) is 2.62. The van der Waals surface area contributed by atoms with Crippen molar-refractivity contribution < 1.29 is 14.6 Å². The third kappa shape index (κ3) is 2.84. The smallest absolute Gasteiger partial charge is 0.198 e. The van der Waals surface area contributed by atoms with Gasteiger partial charge in [-0.05, 0) is 42.0 Å². The molecule has 0 fully saturated rings. The molecule has 0 unspecified atom stereocenters. The highest BCUT2D eigenvalue weighted by Crippen LogP contribution is 2.38. The zero-order valence-corrected chi connectivity index (χ0v) is 14.3. The highest BCUT2D eigenvalue weighted by Gasteiger charge is 2.22. The zero-order valence-electron chi connectivity index (χ0n) is 12.8. The number of fused-ring (bicyclic) bond motifs is 3. The van der Waals surface area contributed by atoms with Crippen LogP contribution in [0.3, 0.4) is 0 Å². The number of hydrogen-bond acceptors (Lipinski definition) is 4. The maximum absolute atomic E-state index is 12.7. The Morgan fingerprint density at radius 2 is 1.84 bits per heavy atom. The first-order chi connectivity index (χ1) is 12.0. The van der Waals surface area contributed by atoms with Crippen LogP contribution in [-0.4, -0.2) is 15.9 Å². The Morgan fingerprint density at radius 1 is 1.08 bits per heavy atom. The number of phenols is 1. The van der Waals surface area contributed by atoms with Gasteiger partial charge in [0.15, 0.2) is 5.78 Å². The second kappa shape index (κ2) is 6.06. The number of aromatic hydroxyl groups is 1. The van der Waals surface area contributed by atoms with E-state index in [2.05, 4.69) is 4.98 Å². The van der Waals surface area contributed by atoms with Crippen LogP contribution in [-0.2, 0) is 6.61 Å². The van der Waals surface area contributed by atoms with E-state index in [-0.39, 0.29) is 17.1 Å². The molecule has 0 bridgehead atoms. The van der Waals surface area contributed by atoms with Gasteiger partial charge in [0.05, 0.1) is 5.56 Å². The Labute approximate surface area is 153 Å². The van der Waals surface area contributed by atoms with E-state index in [4.69, 9.17) is 27.9 Å². The Kier molecular flexibility index (Phi) is 3.86. The Morgan fingerprint density at radius 3 is 2.68 bits per heavy atom. The monoisotopic (exact) mass is 371 g/mol. The van der Waals surface area contributed by atoms with Crippen LogP contribution in [0.1, 0.15) is 21.5 Å². The summed E-state index contributed by atoms with van der Waals surface area (Å²) >= 11 is 12.0. The first kappa shape index (κ1) is 15.9. The maximum Gasteiger partial charge on any atom is 0.198 e. The number of nitrogens with zero attached hydrogens (tertiary/aromatic N) is 1. The van der Waals surface area contributed by atoms with E-state index in [1.54, 1.807) is 12.1 Å². The number of ketones is 1. The number of phenolic OH excluding ortho intramolecular Hbond substituents is 1. The number of hydrogen-bond donors (Lipinski definition) is 1. The lowest BCUT2D eigenvalue weighted by Gasteiger charge is -2.20. The molecule has 2 aromatic carbocycles. The number of aromatic nitrogens is 1. The van der Waals surface area contributed by atoms with Gasteiger partial charge < -0.3 is 9.84 Å². The van der Waals surface area contributed by atoms with E-state index in [9.17, 15) is 9.90 Å². The lowest BCUT2D eigenvalue weighted by molar-refractivity contribution is 0.103. The Hall–Kier alpha value is -2.56. The van der Waals surface area contributed by atoms with Gasteiger partial charge in [0, 0.05) is 27.4 Å². The minimum absolute atomic E-state index is 0.119. The Bertz CT molecular complexity index is 1020. The van der Waals surface area contributed by atoms with Crippen LogP contribution in [0.25, 0.3) is 11.3 Å². The number of carbonyl (C=O) groups excluding carboxylic acids is 1. The topological polar surface area (TPSA) is 59.4 Å². The van der Waals surface area contributed by atoms with E-state index < -0.39 is 0 Å². The van der Waals surface area contributed by atoms with Gasteiger partial charge in [0.2, 0.25) is 0 Å². The molecule has 0 aliphatic carbocycles. The van der Waals surface area contributed by atoms with Crippen LogP contribution in [0.5, 0.6) is 11.5 Å². The molecule has 0 amide bonds. The van der Waals surface area contributed by atoms with Crippen LogP contribution < -0.4 is 4.74 Å². The van der Waals surface area contributed by atoms with Crippen molar-refractivity contribution in [3.05, 3.63) is 75.4 Å². The molecule has 2 heterocycles. The first-order valence-corrected chi connectivity index (χ1v) is 8.23. The fourth-order valence-electron chi connectivity index (χ4n) is 2.78. The summed E-state index contributed by atoms with van der Waals surface area (Å²) in [6.07, 6.45) is 1.46. The van der Waals surface area contributed by atoms with Gasteiger partial charge in [-0.15, -0.1) is 0 Å². The predicted octanol–water partition coefficient (Wildman–Crippen LogP) is 4.88. The zero-order chi connectivity index (χ0) is 17.6. The highest BCUT2D eigenvalue weighted by molar-refractivity contribution is 6.31. The summed E-state index contributed by atoms with van der Waals surface area (Å²) in [5, 5.41) is 10.9. The summed E-state index contributed by atoms with van der Waals surface area (Å²) in [5.74, 6) is -0.0110. The van der Waals surface area contributed by atoms with Gasteiger partial charge in [-0.25, -0.2) is 0 Å². The van der Waals surface area contributed by atoms with Gasteiger partial charge in [0.25, 0.3) is 0 Å². The molecule has 4 nitrogen and oxygen atoms in total. The fourth-order valence-corrected chi connectivity index (χ4v) is 3.12. The van der Waals surface area contributed by atoms with Crippen molar-refractivity contribution in [3.63, 3.8) is 0 Å². The maximum atomic E-state index is 12.7. The molecule has 25 heavy (non-hydrogen) atoms. The second-order valence-corrected chi connectivity index (χ2v) is 6.52. The summed E-state index contributed by atoms with van der Waals surface area (Å²) in [4.78, 5) is 17.1. The molecule has 0 atom stereocenters. The number of ether oxygens (including phenoxy) is 1. The summed E-state index contributed by atoms with van der Waals surface area (Å²) in [6.45, 7) is 0.376. The molecule has 0 saturated carbocycles. The minimum Gasteiger partial charge on any atom is -0.507 e. The summed E-state index contributed by atoms with van der Waals surface area (Å²) < 4.78 is 5.72. The molecule has 4 rings (SSSR count). The first-order valence-electron chi connectivity index (χ1n) is 7.48. The third-order valence-electron chi connectivity index (χ3n) is 4.03. The molecular weight excluding hydrogens is 361 g/mol. The molecule has 1 aromatic heterocycles. The summed E-state index contributed by atoms with van der Waals surface area (Å²) in [5.41, 5.74) is 2.93. The quantitative estimate of drug-likeness (QED) is 0.651.